The van der Waals surface area contributed by atoms with Gasteiger partial charge in [-0.3, -0.25) is 0 Å². The lowest BCUT2D eigenvalue weighted by Gasteiger charge is -2.04. The van der Waals surface area contributed by atoms with E-state index in [2.05, 4.69) is 4.99 Å². The van der Waals surface area contributed by atoms with Gasteiger partial charge in [-0.05, 0) is 29.8 Å². The van der Waals surface area contributed by atoms with Crippen molar-refractivity contribution in [3.05, 3.63) is 71.4 Å². The van der Waals surface area contributed by atoms with E-state index in [-0.39, 0.29) is 11.6 Å². The number of rotatable bonds is 4. The Morgan fingerprint density at radius 3 is 2.73 bits per heavy atom. The highest BCUT2D eigenvalue weighted by Crippen LogP contribution is 2.21. The average molecular weight is 295 g/mol. The van der Waals surface area contributed by atoms with Gasteiger partial charge in [-0.1, -0.05) is 36.4 Å². The van der Waals surface area contributed by atoms with Gasteiger partial charge >= 0.3 is 5.97 Å². The Balaban J connectivity index is 1.90. The van der Waals surface area contributed by atoms with Crippen LogP contribution in [0.25, 0.3) is 6.08 Å². The van der Waals surface area contributed by atoms with Crippen molar-refractivity contribution < 1.29 is 19.4 Å². The zero-order valence-electron chi connectivity index (χ0n) is 11.6. The van der Waals surface area contributed by atoms with Gasteiger partial charge in [0.05, 0.1) is 0 Å². The predicted octanol–water partition coefficient (Wildman–Crippen LogP) is 2.36. The van der Waals surface area contributed by atoms with E-state index in [0.29, 0.717) is 11.3 Å². The van der Waals surface area contributed by atoms with Crippen LogP contribution in [0.3, 0.4) is 0 Å². The molecule has 1 heterocycles. The van der Waals surface area contributed by atoms with Crippen LogP contribution in [0.5, 0.6) is 5.75 Å². The first-order valence-electron chi connectivity index (χ1n) is 6.68. The maximum Gasteiger partial charge on any atom is 0.363 e. The van der Waals surface area contributed by atoms with Crippen molar-refractivity contribution in [3.8, 4) is 5.75 Å². The Kier molecular flexibility index (Phi) is 3.98. The van der Waals surface area contributed by atoms with Gasteiger partial charge in [0.15, 0.2) is 12.5 Å². The maximum atomic E-state index is 11.9. The molecule has 22 heavy (non-hydrogen) atoms. The summed E-state index contributed by atoms with van der Waals surface area (Å²) in [5, 5.41) is 8.78. The summed E-state index contributed by atoms with van der Waals surface area (Å²) < 4.78 is 10.2. The normalized spacial score (nSPS) is 15.6. The second-order valence-corrected chi connectivity index (χ2v) is 4.55. The SMILES string of the molecule is O=C1OC(c2cccc(OCO)c2)=NC1=Cc1ccccc1. The molecular formula is C17H13NO4. The van der Waals surface area contributed by atoms with Gasteiger partial charge in [-0.25, -0.2) is 9.79 Å². The minimum absolute atomic E-state index is 0.218. The highest BCUT2D eigenvalue weighted by atomic mass is 16.6. The number of carbonyl (C=O) groups is 1. The Morgan fingerprint density at radius 2 is 1.95 bits per heavy atom. The molecule has 0 fully saturated rings. The first kappa shape index (κ1) is 14.0. The number of esters is 1. The molecule has 110 valence electrons. The molecule has 1 aliphatic heterocycles. The largest absolute Gasteiger partial charge is 0.468 e. The third-order valence-corrected chi connectivity index (χ3v) is 3.04. The molecule has 0 atom stereocenters. The van der Waals surface area contributed by atoms with Crippen molar-refractivity contribution in [1.29, 1.82) is 0 Å². The standard InChI is InChI=1S/C17H13NO4/c19-11-21-14-8-4-7-13(10-14)16-18-15(17(20)22-16)9-12-5-2-1-3-6-12/h1-10,19H,11H2. The molecule has 2 aromatic carbocycles. The first-order valence-corrected chi connectivity index (χ1v) is 6.68. The fourth-order valence-corrected chi connectivity index (χ4v) is 2.03. The van der Waals surface area contributed by atoms with Crippen LogP contribution in [0, 0.1) is 0 Å². The van der Waals surface area contributed by atoms with Gasteiger partial charge in [0.1, 0.15) is 5.75 Å². The van der Waals surface area contributed by atoms with Gasteiger partial charge in [0.25, 0.3) is 0 Å². The molecule has 0 amide bonds. The number of benzene rings is 2. The van der Waals surface area contributed by atoms with Crippen LogP contribution in [0.2, 0.25) is 0 Å². The highest BCUT2D eigenvalue weighted by Gasteiger charge is 2.24. The Labute approximate surface area is 127 Å². The summed E-state index contributed by atoms with van der Waals surface area (Å²) in [6, 6.07) is 16.2. The Bertz CT molecular complexity index is 750. The number of hydrogen-bond acceptors (Lipinski definition) is 5. The number of aliphatic hydroxyl groups is 1. The summed E-state index contributed by atoms with van der Waals surface area (Å²) in [5.74, 6) is 0.196. The van der Waals surface area contributed by atoms with Crippen LogP contribution in [-0.2, 0) is 9.53 Å². The summed E-state index contributed by atoms with van der Waals surface area (Å²) in [6.07, 6.45) is 1.67. The third kappa shape index (κ3) is 3.05. The fraction of sp³-hybridized carbons (Fsp3) is 0.0588. The van der Waals surface area contributed by atoms with Crippen LogP contribution in [0.4, 0.5) is 0 Å². The van der Waals surface area contributed by atoms with Crippen LogP contribution < -0.4 is 4.74 Å². The van der Waals surface area contributed by atoms with Gasteiger partial charge in [-0.2, -0.15) is 0 Å². The zero-order valence-corrected chi connectivity index (χ0v) is 11.6. The van der Waals surface area contributed by atoms with Crippen LogP contribution in [0.1, 0.15) is 11.1 Å². The first-order chi connectivity index (χ1) is 10.8. The van der Waals surface area contributed by atoms with Gasteiger partial charge in [-0.15, -0.1) is 0 Å². The third-order valence-electron chi connectivity index (χ3n) is 3.04. The van der Waals surface area contributed by atoms with Crippen LogP contribution in [-0.4, -0.2) is 23.8 Å². The summed E-state index contributed by atoms with van der Waals surface area (Å²) in [5.41, 5.74) is 1.72. The van der Waals surface area contributed by atoms with Gasteiger partial charge in [0, 0.05) is 5.56 Å². The summed E-state index contributed by atoms with van der Waals surface area (Å²) in [4.78, 5) is 16.1. The molecule has 0 aliphatic carbocycles. The van der Waals surface area contributed by atoms with E-state index in [1.54, 1.807) is 30.3 Å². The summed E-state index contributed by atoms with van der Waals surface area (Å²) in [7, 11) is 0. The smallest absolute Gasteiger partial charge is 0.363 e. The van der Waals surface area contributed by atoms with E-state index in [0.717, 1.165) is 5.56 Å². The number of aliphatic hydroxyl groups excluding tert-OH is 1. The molecule has 0 saturated carbocycles. The van der Waals surface area contributed by atoms with Crippen molar-refractivity contribution in [2.45, 2.75) is 0 Å². The molecule has 0 spiro atoms. The zero-order chi connectivity index (χ0) is 15.4. The number of ether oxygens (including phenoxy) is 2. The minimum Gasteiger partial charge on any atom is -0.468 e. The lowest BCUT2D eigenvalue weighted by atomic mass is 10.2. The van der Waals surface area contributed by atoms with Crippen molar-refractivity contribution in [3.63, 3.8) is 0 Å². The van der Waals surface area contributed by atoms with Crippen molar-refractivity contribution in [2.24, 2.45) is 4.99 Å². The molecule has 0 bridgehead atoms. The quantitative estimate of drug-likeness (QED) is 0.534. The van der Waals surface area contributed by atoms with E-state index < -0.39 is 12.8 Å². The van der Waals surface area contributed by atoms with Crippen molar-refractivity contribution in [2.75, 3.05) is 6.79 Å². The van der Waals surface area contributed by atoms with Crippen molar-refractivity contribution >= 4 is 17.9 Å². The summed E-state index contributed by atoms with van der Waals surface area (Å²) in [6.45, 7) is -0.422. The molecule has 3 rings (SSSR count). The molecule has 5 heteroatoms. The second-order valence-electron chi connectivity index (χ2n) is 4.55. The van der Waals surface area contributed by atoms with E-state index in [9.17, 15) is 4.79 Å². The lowest BCUT2D eigenvalue weighted by Crippen LogP contribution is -2.05. The van der Waals surface area contributed by atoms with E-state index in [1.807, 2.05) is 30.3 Å². The lowest BCUT2D eigenvalue weighted by molar-refractivity contribution is -0.129. The number of carbonyl (C=O) groups excluding carboxylic acids is 1. The molecular weight excluding hydrogens is 282 g/mol. The molecule has 0 aromatic heterocycles. The van der Waals surface area contributed by atoms with Crippen LogP contribution in [0.15, 0.2) is 65.3 Å². The van der Waals surface area contributed by atoms with E-state index >= 15 is 0 Å². The monoisotopic (exact) mass is 295 g/mol. The topological polar surface area (TPSA) is 68.1 Å². The average Bonchev–Trinajstić information content (AvgIpc) is 2.90. The van der Waals surface area contributed by atoms with E-state index in [1.165, 1.54) is 0 Å². The fourth-order valence-electron chi connectivity index (χ4n) is 2.03. The Morgan fingerprint density at radius 1 is 1.14 bits per heavy atom. The number of aliphatic imine (C=N–C) groups is 1. The van der Waals surface area contributed by atoms with Gasteiger partial charge in [0.2, 0.25) is 5.90 Å². The van der Waals surface area contributed by atoms with Crippen molar-refractivity contribution in [1.82, 2.24) is 0 Å². The molecule has 5 nitrogen and oxygen atoms in total. The molecule has 0 saturated heterocycles. The number of nitrogens with zero attached hydrogens (tertiary/aromatic N) is 1. The summed E-state index contributed by atoms with van der Waals surface area (Å²) >= 11 is 0. The molecule has 1 N–H and O–H groups in total. The minimum atomic E-state index is -0.493. The molecule has 0 radical (unpaired) electrons. The van der Waals surface area contributed by atoms with Gasteiger partial charge < -0.3 is 14.6 Å². The van der Waals surface area contributed by atoms with Crippen LogP contribution >= 0.6 is 0 Å². The molecule has 1 aliphatic rings. The second kappa shape index (κ2) is 6.24. The molecule has 0 unspecified atom stereocenters. The number of hydrogen-bond donors (Lipinski definition) is 1. The van der Waals surface area contributed by atoms with E-state index in [4.69, 9.17) is 14.6 Å². The maximum absolute atomic E-state index is 11.9. The Hall–Kier alpha value is -2.92. The highest BCUT2D eigenvalue weighted by molar-refractivity contribution is 6.12. The number of cyclic esters (lactones) is 1. The molecule has 2 aromatic rings. The predicted molar refractivity (Wildman–Crippen MR) is 81.2 cm³/mol.